The van der Waals surface area contributed by atoms with Gasteiger partial charge in [0.05, 0.1) is 11.6 Å². The molecular weight excluding hydrogens is 398 g/mol. The van der Waals surface area contributed by atoms with Crippen LogP contribution in [-0.2, 0) is 16.0 Å². The maximum Gasteiger partial charge on any atom is 0.295 e. The first-order chi connectivity index (χ1) is 15.5. The molecule has 0 aromatic heterocycles. The van der Waals surface area contributed by atoms with Crippen LogP contribution in [0.1, 0.15) is 48.1 Å². The van der Waals surface area contributed by atoms with E-state index in [1.54, 1.807) is 29.2 Å². The number of amides is 1. The number of likely N-dealkylation sites (tertiary alicyclic amines) is 1. The fourth-order valence-corrected chi connectivity index (χ4v) is 4.17. The molecule has 1 atom stereocenters. The SMILES string of the molecule is CC(C)c1ccc([C@H]2/C(=C(/O)c3ccccc3)C(=O)C(=O)N2CCc2ccccc2)cc1. The fourth-order valence-electron chi connectivity index (χ4n) is 4.17. The van der Waals surface area contributed by atoms with Crippen molar-refractivity contribution in [3.63, 3.8) is 0 Å². The molecule has 4 rings (SSSR count). The monoisotopic (exact) mass is 425 g/mol. The van der Waals surface area contributed by atoms with E-state index in [4.69, 9.17) is 0 Å². The summed E-state index contributed by atoms with van der Waals surface area (Å²) in [5.74, 6) is -0.976. The van der Waals surface area contributed by atoms with Crippen LogP contribution < -0.4 is 0 Å². The van der Waals surface area contributed by atoms with Gasteiger partial charge in [0, 0.05) is 12.1 Å². The molecule has 0 saturated carbocycles. The van der Waals surface area contributed by atoms with Gasteiger partial charge in [-0.25, -0.2) is 0 Å². The molecule has 1 amide bonds. The van der Waals surface area contributed by atoms with Crippen LogP contribution in [0.5, 0.6) is 0 Å². The zero-order valence-electron chi connectivity index (χ0n) is 18.4. The van der Waals surface area contributed by atoms with Gasteiger partial charge in [-0.2, -0.15) is 0 Å². The van der Waals surface area contributed by atoms with Crippen LogP contribution in [0.3, 0.4) is 0 Å². The Morgan fingerprint density at radius 2 is 1.47 bits per heavy atom. The Balaban J connectivity index is 1.77. The lowest BCUT2D eigenvalue weighted by Gasteiger charge is -2.25. The number of hydrogen-bond donors (Lipinski definition) is 1. The van der Waals surface area contributed by atoms with Gasteiger partial charge in [0.2, 0.25) is 0 Å². The van der Waals surface area contributed by atoms with Crippen molar-refractivity contribution < 1.29 is 14.7 Å². The van der Waals surface area contributed by atoms with Gasteiger partial charge in [0.1, 0.15) is 5.76 Å². The number of aliphatic hydroxyl groups excluding tert-OH is 1. The van der Waals surface area contributed by atoms with E-state index in [9.17, 15) is 14.7 Å². The summed E-state index contributed by atoms with van der Waals surface area (Å²) >= 11 is 0. The highest BCUT2D eigenvalue weighted by Crippen LogP contribution is 2.39. The predicted octanol–water partition coefficient (Wildman–Crippen LogP) is 5.47. The highest BCUT2D eigenvalue weighted by atomic mass is 16.3. The minimum atomic E-state index is -0.641. The third-order valence-electron chi connectivity index (χ3n) is 5.99. The molecule has 0 aliphatic carbocycles. The molecule has 1 heterocycles. The second kappa shape index (κ2) is 9.23. The highest BCUT2D eigenvalue weighted by Gasteiger charge is 2.45. The molecular formula is C28H27NO3. The molecule has 3 aromatic carbocycles. The molecule has 1 aliphatic heterocycles. The number of rotatable bonds is 6. The first kappa shape index (κ1) is 21.6. The van der Waals surface area contributed by atoms with Crippen molar-refractivity contribution in [1.29, 1.82) is 0 Å². The van der Waals surface area contributed by atoms with Gasteiger partial charge in [-0.3, -0.25) is 9.59 Å². The van der Waals surface area contributed by atoms with Crippen LogP contribution in [-0.4, -0.2) is 28.2 Å². The first-order valence-electron chi connectivity index (χ1n) is 10.9. The number of aliphatic hydroxyl groups is 1. The third kappa shape index (κ3) is 4.22. The van der Waals surface area contributed by atoms with E-state index >= 15 is 0 Å². The summed E-state index contributed by atoms with van der Waals surface area (Å²) in [6.07, 6.45) is 0.625. The number of Topliss-reactive ketones (excluding diaryl/α,β-unsaturated/α-hetero) is 1. The Kier molecular flexibility index (Phi) is 6.22. The molecule has 32 heavy (non-hydrogen) atoms. The van der Waals surface area contributed by atoms with E-state index in [0.29, 0.717) is 24.4 Å². The largest absolute Gasteiger partial charge is 0.507 e. The average Bonchev–Trinajstić information content (AvgIpc) is 3.08. The second-order valence-corrected chi connectivity index (χ2v) is 8.42. The van der Waals surface area contributed by atoms with E-state index in [2.05, 4.69) is 13.8 Å². The average molecular weight is 426 g/mol. The summed E-state index contributed by atoms with van der Waals surface area (Å²) in [5, 5.41) is 11.1. The van der Waals surface area contributed by atoms with E-state index in [-0.39, 0.29) is 11.3 Å². The fraction of sp³-hybridized carbons (Fsp3) is 0.214. The summed E-state index contributed by atoms with van der Waals surface area (Å²) in [7, 11) is 0. The molecule has 0 bridgehead atoms. The van der Waals surface area contributed by atoms with Crippen LogP contribution in [0.25, 0.3) is 5.76 Å². The molecule has 0 spiro atoms. The molecule has 3 aromatic rings. The van der Waals surface area contributed by atoms with Crippen LogP contribution in [0.2, 0.25) is 0 Å². The van der Waals surface area contributed by atoms with Gasteiger partial charge in [0.15, 0.2) is 0 Å². The van der Waals surface area contributed by atoms with Crippen LogP contribution >= 0.6 is 0 Å². The van der Waals surface area contributed by atoms with Crippen molar-refractivity contribution in [3.05, 3.63) is 113 Å². The van der Waals surface area contributed by atoms with Crippen LogP contribution in [0, 0.1) is 0 Å². The Bertz CT molecular complexity index is 1130. The lowest BCUT2D eigenvalue weighted by atomic mass is 9.93. The molecule has 1 saturated heterocycles. The van der Waals surface area contributed by atoms with Crippen molar-refractivity contribution in [2.24, 2.45) is 0 Å². The molecule has 0 radical (unpaired) electrons. The highest BCUT2D eigenvalue weighted by molar-refractivity contribution is 6.46. The summed E-state index contributed by atoms with van der Waals surface area (Å²) in [4.78, 5) is 27.7. The topological polar surface area (TPSA) is 57.6 Å². The first-order valence-corrected chi connectivity index (χ1v) is 10.9. The Morgan fingerprint density at radius 3 is 2.06 bits per heavy atom. The van der Waals surface area contributed by atoms with Gasteiger partial charge in [0.25, 0.3) is 11.7 Å². The molecule has 4 nitrogen and oxygen atoms in total. The summed E-state index contributed by atoms with van der Waals surface area (Å²) in [6, 6.07) is 26.2. The van der Waals surface area contributed by atoms with Crippen molar-refractivity contribution in [1.82, 2.24) is 4.90 Å². The van der Waals surface area contributed by atoms with E-state index < -0.39 is 17.7 Å². The molecule has 162 valence electrons. The zero-order chi connectivity index (χ0) is 22.7. The van der Waals surface area contributed by atoms with Gasteiger partial charge in [-0.15, -0.1) is 0 Å². The zero-order valence-corrected chi connectivity index (χ0v) is 18.4. The quantitative estimate of drug-likeness (QED) is 0.323. The standard InChI is InChI=1S/C28H27NO3/c1-19(2)21-13-15-22(16-14-21)25-24(26(30)23-11-7-4-8-12-23)27(31)28(32)29(25)18-17-20-9-5-3-6-10-20/h3-16,19,25,30H,17-18H2,1-2H3/b26-24-/t25-/m0/s1. The number of carbonyl (C=O) groups is 2. The van der Waals surface area contributed by atoms with Crippen molar-refractivity contribution in [2.75, 3.05) is 6.54 Å². The van der Waals surface area contributed by atoms with Crippen LogP contribution in [0.4, 0.5) is 0 Å². The molecule has 1 N–H and O–H groups in total. The summed E-state index contributed by atoms with van der Waals surface area (Å²) in [6.45, 7) is 4.63. The number of benzene rings is 3. The van der Waals surface area contributed by atoms with Crippen molar-refractivity contribution in [2.45, 2.75) is 32.2 Å². The summed E-state index contributed by atoms with van der Waals surface area (Å²) < 4.78 is 0. The maximum atomic E-state index is 13.1. The lowest BCUT2D eigenvalue weighted by molar-refractivity contribution is -0.139. The minimum Gasteiger partial charge on any atom is -0.507 e. The predicted molar refractivity (Wildman–Crippen MR) is 126 cm³/mol. The number of ketones is 1. The number of hydrogen-bond acceptors (Lipinski definition) is 3. The minimum absolute atomic E-state index is 0.135. The van der Waals surface area contributed by atoms with Gasteiger partial charge in [-0.05, 0) is 29.0 Å². The smallest absolute Gasteiger partial charge is 0.295 e. The molecule has 1 fully saturated rings. The normalized spacial score (nSPS) is 17.8. The van der Waals surface area contributed by atoms with Gasteiger partial charge in [-0.1, -0.05) is 98.8 Å². The van der Waals surface area contributed by atoms with E-state index in [1.807, 2.05) is 60.7 Å². The number of carbonyl (C=O) groups excluding carboxylic acids is 2. The van der Waals surface area contributed by atoms with Crippen LogP contribution in [0.15, 0.2) is 90.5 Å². The summed E-state index contributed by atoms with van der Waals surface area (Å²) in [5.41, 5.74) is 3.76. The lowest BCUT2D eigenvalue weighted by Crippen LogP contribution is -2.31. The molecule has 4 heteroatoms. The van der Waals surface area contributed by atoms with Gasteiger partial charge >= 0.3 is 0 Å². The van der Waals surface area contributed by atoms with Crippen molar-refractivity contribution >= 4 is 17.4 Å². The Labute approximate surface area is 188 Å². The van der Waals surface area contributed by atoms with Gasteiger partial charge < -0.3 is 10.0 Å². The molecule has 1 aliphatic rings. The van der Waals surface area contributed by atoms with Crippen molar-refractivity contribution in [3.8, 4) is 0 Å². The van der Waals surface area contributed by atoms with E-state index in [1.165, 1.54) is 5.56 Å². The van der Waals surface area contributed by atoms with E-state index in [0.717, 1.165) is 11.1 Å². The third-order valence-corrected chi connectivity index (χ3v) is 5.99. The second-order valence-electron chi connectivity index (χ2n) is 8.42. The Hall–Kier alpha value is -3.66. The number of nitrogens with zero attached hydrogens (tertiary/aromatic N) is 1. The Morgan fingerprint density at radius 1 is 0.875 bits per heavy atom. The molecule has 0 unspecified atom stereocenters. The maximum absolute atomic E-state index is 13.1.